The van der Waals surface area contributed by atoms with Crippen LogP contribution < -0.4 is 4.74 Å². The zero-order valence-corrected chi connectivity index (χ0v) is 19.6. The van der Waals surface area contributed by atoms with Crippen LogP contribution in [-0.2, 0) is 14.3 Å². The summed E-state index contributed by atoms with van der Waals surface area (Å²) in [5.74, 6) is -1.90. The molecule has 0 spiro atoms. The van der Waals surface area contributed by atoms with Crippen molar-refractivity contribution in [3.8, 4) is 11.5 Å². The number of phenolic OH excluding ortho intramolecular Hbond substituents is 1. The van der Waals surface area contributed by atoms with Crippen molar-refractivity contribution in [2.24, 2.45) is 10.9 Å². The number of carbonyl (C=O) groups is 2. The maximum absolute atomic E-state index is 13.5. The Kier molecular flexibility index (Phi) is 6.56. The second-order valence-electron chi connectivity index (χ2n) is 8.31. The molecule has 1 N–H and O–H groups in total. The molecular weight excluding hydrogens is 442 g/mol. The lowest BCUT2D eigenvalue weighted by molar-refractivity contribution is -0.146. The van der Waals surface area contributed by atoms with Gasteiger partial charge < -0.3 is 14.6 Å². The van der Waals surface area contributed by atoms with Crippen LogP contribution in [0.3, 0.4) is 0 Å². The molecule has 0 radical (unpaired) electrons. The lowest BCUT2D eigenvalue weighted by Crippen LogP contribution is -2.38. The Hall–Kier alpha value is -3.12. The fourth-order valence-corrected chi connectivity index (χ4v) is 5.07. The van der Waals surface area contributed by atoms with Gasteiger partial charge in [0, 0.05) is 29.3 Å². The normalized spacial score (nSPS) is 22.5. The van der Waals surface area contributed by atoms with Crippen molar-refractivity contribution in [3.63, 3.8) is 0 Å². The summed E-state index contributed by atoms with van der Waals surface area (Å²) in [6.07, 6.45) is 0.920. The predicted molar refractivity (Wildman–Crippen MR) is 126 cm³/mol. The molecule has 0 saturated carbocycles. The van der Waals surface area contributed by atoms with Crippen molar-refractivity contribution in [1.29, 1.82) is 0 Å². The molecule has 0 saturated heterocycles. The average Bonchev–Trinajstić information content (AvgIpc) is 2.80. The van der Waals surface area contributed by atoms with E-state index in [1.54, 1.807) is 26.0 Å². The van der Waals surface area contributed by atoms with Gasteiger partial charge in [0.25, 0.3) is 0 Å². The number of carbonyl (C=O) groups excluding carboxylic acids is 2. The SMILES string of the molecule is CCOC(=O)C1C(C)=NC2=C(C(=O)C[C@H](c3ccccc3)C2)[C@@H]1c1cc(Cl)c(O)c(OC)c1. The molecule has 33 heavy (non-hydrogen) atoms. The molecule has 1 unspecified atom stereocenters. The number of hydrogen-bond donors (Lipinski definition) is 1. The van der Waals surface area contributed by atoms with Crippen molar-refractivity contribution in [1.82, 2.24) is 0 Å². The Labute approximate surface area is 197 Å². The summed E-state index contributed by atoms with van der Waals surface area (Å²) in [5.41, 5.74) is 3.47. The van der Waals surface area contributed by atoms with Crippen LogP contribution in [0.2, 0.25) is 5.02 Å². The summed E-state index contributed by atoms with van der Waals surface area (Å²) in [5, 5.41) is 10.3. The number of Topliss-reactive ketones (excluding diaryl/α,β-unsaturated/α-hetero) is 1. The highest BCUT2D eigenvalue weighted by atomic mass is 35.5. The van der Waals surface area contributed by atoms with Crippen LogP contribution in [0.25, 0.3) is 0 Å². The van der Waals surface area contributed by atoms with Crippen LogP contribution in [0.4, 0.5) is 0 Å². The van der Waals surface area contributed by atoms with E-state index in [4.69, 9.17) is 26.1 Å². The molecule has 3 atom stereocenters. The Morgan fingerprint density at radius 3 is 2.58 bits per heavy atom. The van der Waals surface area contributed by atoms with E-state index in [0.29, 0.717) is 35.4 Å². The number of ether oxygens (including phenoxy) is 2. The number of ketones is 1. The molecule has 2 aromatic carbocycles. The molecule has 0 amide bonds. The summed E-state index contributed by atoms with van der Waals surface area (Å²) in [4.78, 5) is 31.3. The van der Waals surface area contributed by atoms with Gasteiger partial charge in [-0.1, -0.05) is 41.9 Å². The summed E-state index contributed by atoms with van der Waals surface area (Å²) < 4.78 is 10.6. The number of aromatic hydroxyl groups is 1. The van der Waals surface area contributed by atoms with Crippen LogP contribution in [0, 0.1) is 5.92 Å². The molecule has 0 aromatic heterocycles. The second-order valence-corrected chi connectivity index (χ2v) is 8.72. The number of hydrogen-bond acceptors (Lipinski definition) is 6. The molecule has 172 valence electrons. The number of nitrogens with zero attached hydrogens (tertiary/aromatic N) is 1. The monoisotopic (exact) mass is 467 g/mol. The van der Waals surface area contributed by atoms with E-state index in [9.17, 15) is 14.7 Å². The van der Waals surface area contributed by atoms with Crippen molar-refractivity contribution < 1.29 is 24.2 Å². The maximum Gasteiger partial charge on any atom is 0.315 e. The molecule has 1 aliphatic heterocycles. The molecule has 0 bridgehead atoms. The van der Waals surface area contributed by atoms with Gasteiger partial charge in [-0.25, -0.2) is 0 Å². The number of esters is 1. The number of aliphatic imine (C=N–C) groups is 1. The first kappa shape index (κ1) is 23.1. The largest absolute Gasteiger partial charge is 0.503 e. The van der Waals surface area contributed by atoms with Crippen molar-refractivity contribution in [2.45, 2.75) is 38.5 Å². The first-order chi connectivity index (χ1) is 15.8. The Morgan fingerprint density at radius 2 is 1.91 bits per heavy atom. The third-order valence-corrected chi connectivity index (χ3v) is 6.62. The summed E-state index contributed by atoms with van der Waals surface area (Å²) in [6, 6.07) is 13.1. The fourth-order valence-electron chi connectivity index (χ4n) is 4.85. The quantitative estimate of drug-likeness (QED) is 0.611. The molecule has 2 aromatic rings. The third kappa shape index (κ3) is 4.27. The standard InChI is InChI=1S/C26H26ClNO5/c1-4-33-26(31)22-14(2)28-19-11-16(15-8-6-5-7-9-15)12-20(29)24(19)23(22)17-10-18(27)25(30)21(13-17)32-3/h5-10,13,16,22-23,30H,4,11-12H2,1-3H3/t16-,22?,23-/m1/s1. The molecule has 1 aliphatic carbocycles. The minimum absolute atomic E-state index is 0.0201. The summed E-state index contributed by atoms with van der Waals surface area (Å²) >= 11 is 6.28. The summed E-state index contributed by atoms with van der Waals surface area (Å²) in [6.45, 7) is 3.74. The number of methoxy groups -OCH3 is 1. The van der Waals surface area contributed by atoms with E-state index >= 15 is 0 Å². The van der Waals surface area contributed by atoms with Crippen LogP contribution in [0.15, 0.2) is 58.7 Å². The van der Waals surface area contributed by atoms with E-state index in [1.807, 2.05) is 30.3 Å². The first-order valence-electron chi connectivity index (χ1n) is 10.9. The fraction of sp³-hybridized carbons (Fsp3) is 0.346. The predicted octanol–water partition coefficient (Wildman–Crippen LogP) is 5.19. The highest BCUT2D eigenvalue weighted by molar-refractivity contribution is 6.32. The van der Waals surface area contributed by atoms with Gasteiger partial charge in [0.1, 0.15) is 5.92 Å². The minimum atomic E-state index is -0.772. The van der Waals surface area contributed by atoms with E-state index < -0.39 is 17.8 Å². The van der Waals surface area contributed by atoms with Gasteiger partial charge in [0.15, 0.2) is 17.3 Å². The van der Waals surface area contributed by atoms with Gasteiger partial charge in [-0.2, -0.15) is 0 Å². The number of rotatable bonds is 5. The Morgan fingerprint density at radius 1 is 1.18 bits per heavy atom. The number of allylic oxidation sites excluding steroid dienone is 2. The molecule has 2 aliphatic rings. The van der Waals surface area contributed by atoms with Gasteiger partial charge in [-0.3, -0.25) is 14.6 Å². The maximum atomic E-state index is 13.5. The average molecular weight is 468 g/mol. The first-order valence-corrected chi connectivity index (χ1v) is 11.3. The highest BCUT2D eigenvalue weighted by Crippen LogP contribution is 2.49. The smallest absolute Gasteiger partial charge is 0.315 e. The lowest BCUT2D eigenvalue weighted by Gasteiger charge is -2.36. The zero-order chi connectivity index (χ0) is 23.7. The van der Waals surface area contributed by atoms with E-state index in [1.165, 1.54) is 7.11 Å². The van der Waals surface area contributed by atoms with Crippen LogP contribution in [-0.4, -0.2) is 36.3 Å². The summed E-state index contributed by atoms with van der Waals surface area (Å²) in [7, 11) is 1.42. The third-order valence-electron chi connectivity index (χ3n) is 6.33. The van der Waals surface area contributed by atoms with Crippen LogP contribution in [0.5, 0.6) is 11.5 Å². The van der Waals surface area contributed by atoms with Gasteiger partial charge >= 0.3 is 5.97 Å². The second kappa shape index (κ2) is 9.40. The van der Waals surface area contributed by atoms with Crippen molar-refractivity contribution >= 4 is 29.1 Å². The van der Waals surface area contributed by atoms with Gasteiger partial charge in [-0.05, 0) is 49.4 Å². The Balaban J connectivity index is 1.86. The zero-order valence-electron chi connectivity index (χ0n) is 18.8. The van der Waals surface area contributed by atoms with E-state index in [0.717, 1.165) is 5.56 Å². The van der Waals surface area contributed by atoms with Crippen molar-refractivity contribution in [3.05, 3.63) is 69.9 Å². The molecular formula is C26H26ClNO5. The van der Waals surface area contributed by atoms with E-state index in [2.05, 4.69) is 0 Å². The van der Waals surface area contributed by atoms with Gasteiger partial charge in [0.05, 0.1) is 18.7 Å². The molecule has 6 nitrogen and oxygen atoms in total. The van der Waals surface area contributed by atoms with Gasteiger partial charge in [0.2, 0.25) is 0 Å². The minimum Gasteiger partial charge on any atom is -0.503 e. The topological polar surface area (TPSA) is 85.2 Å². The van der Waals surface area contributed by atoms with Crippen molar-refractivity contribution in [2.75, 3.05) is 13.7 Å². The highest BCUT2D eigenvalue weighted by Gasteiger charge is 2.45. The number of phenols is 1. The van der Waals surface area contributed by atoms with Crippen LogP contribution >= 0.6 is 11.6 Å². The lowest BCUT2D eigenvalue weighted by atomic mass is 9.69. The molecule has 7 heteroatoms. The molecule has 0 fully saturated rings. The molecule has 4 rings (SSSR count). The number of benzene rings is 2. The van der Waals surface area contributed by atoms with Gasteiger partial charge in [-0.15, -0.1) is 0 Å². The van der Waals surface area contributed by atoms with E-state index in [-0.39, 0.29) is 34.8 Å². The van der Waals surface area contributed by atoms with Crippen LogP contribution in [0.1, 0.15) is 49.7 Å². The Bertz CT molecular complexity index is 1150. The number of halogens is 1. The molecule has 1 heterocycles.